The zero-order chi connectivity index (χ0) is 16.0. The van der Waals surface area contributed by atoms with E-state index in [-0.39, 0.29) is 18.2 Å². The van der Waals surface area contributed by atoms with Gasteiger partial charge in [0.25, 0.3) is 0 Å². The minimum Gasteiger partial charge on any atom is -0.497 e. The van der Waals surface area contributed by atoms with Gasteiger partial charge in [0.2, 0.25) is 10.0 Å². The summed E-state index contributed by atoms with van der Waals surface area (Å²) in [7, 11) is -1.70. The highest BCUT2D eigenvalue weighted by Gasteiger charge is 2.31. The van der Waals surface area contributed by atoms with Crippen LogP contribution in [0.1, 0.15) is 43.7 Å². The van der Waals surface area contributed by atoms with Crippen molar-refractivity contribution in [1.29, 1.82) is 0 Å². The predicted molar refractivity (Wildman–Crippen MR) is 88.1 cm³/mol. The maximum absolute atomic E-state index is 12.6. The molecule has 0 bridgehead atoms. The van der Waals surface area contributed by atoms with E-state index in [1.165, 1.54) is 0 Å². The van der Waals surface area contributed by atoms with Crippen LogP contribution in [0.3, 0.4) is 0 Å². The zero-order valence-corrected chi connectivity index (χ0v) is 13.8. The van der Waals surface area contributed by atoms with E-state index in [1.807, 2.05) is 24.3 Å². The zero-order valence-electron chi connectivity index (χ0n) is 13.0. The molecule has 22 heavy (non-hydrogen) atoms. The lowest BCUT2D eigenvalue weighted by atomic mass is 10.0. The van der Waals surface area contributed by atoms with Gasteiger partial charge in [-0.3, -0.25) is 0 Å². The van der Waals surface area contributed by atoms with E-state index in [2.05, 4.69) is 5.92 Å². The Morgan fingerprint density at radius 2 is 2.00 bits per heavy atom. The van der Waals surface area contributed by atoms with Crippen molar-refractivity contribution < 1.29 is 13.2 Å². The van der Waals surface area contributed by atoms with Crippen molar-refractivity contribution >= 4 is 10.0 Å². The van der Waals surface area contributed by atoms with Crippen LogP contribution in [0.25, 0.3) is 0 Å². The molecule has 0 saturated carbocycles. The summed E-state index contributed by atoms with van der Waals surface area (Å²) in [6.45, 7) is 0.573. The molecule has 1 atom stereocenters. The maximum Gasteiger partial charge on any atom is 0.215 e. The third-order valence-electron chi connectivity index (χ3n) is 4.07. The molecule has 0 spiro atoms. The molecule has 5 heteroatoms. The second-order valence-corrected chi connectivity index (χ2v) is 7.56. The highest BCUT2D eigenvalue weighted by atomic mass is 32.2. The van der Waals surface area contributed by atoms with Crippen molar-refractivity contribution in [2.75, 3.05) is 19.4 Å². The van der Waals surface area contributed by atoms with Gasteiger partial charge >= 0.3 is 0 Å². The minimum atomic E-state index is -3.32. The van der Waals surface area contributed by atoms with E-state index in [4.69, 9.17) is 11.2 Å². The first-order valence-electron chi connectivity index (χ1n) is 7.65. The quantitative estimate of drug-likeness (QED) is 0.783. The van der Waals surface area contributed by atoms with Crippen LogP contribution in [-0.2, 0) is 10.0 Å². The SMILES string of the molecule is C#CCCS(=O)(=O)N1CCCCC[C@H]1c1ccc(OC)cc1. The molecule has 2 rings (SSSR count). The Morgan fingerprint density at radius 3 is 2.64 bits per heavy atom. The number of hydrogen-bond acceptors (Lipinski definition) is 3. The fourth-order valence-corrected chi connectivity index (χ4v) is 4.51. The molecule has 1 heterocycles. The van der Waals surface area contributed by atoms with Gasteiger partial charge in [0.15, 0.2) is 0 Å². The number of rotatable bonds is 5. The van der Waals surface area contributed by atoms with Crippen LogP contribution in [0.5, 0.6) is 5.75 Å². The molecule has 4 nitrogen and oxygen atoms in total. The summed E-state index contributed by atoms with van der Waals surface area (Å²) in [6.07, 6.45) is 9.34. The molecule has 0 radical (unpaired) electrons. The molecule has 120 valence electrons. The lowest BCUT2D eigenvalue weighted by molar-refractivity contribution is 0.328. The number of terminal acetylenes is 1. The average molecular weight is 321 g/mol. The summed E-state index contributed by atoms with van der Waals surface area (Å²) < 4.78 is 32.0. The molecule has 0 aromatic heterocycles. The van der Waals surface area contributed by atoms with Crippen LogP contribution in [0, 0.1) is 12.3 Å². The van der Waals surface area contributed by atoms with Crippen LogP contribution >= 0.6 is 0 Å². The first-order chi connectivity index (χ1) is 10.6. The van der Waals surface area contributed by atoms with E-state index >= 15 is 0 Å². The van der Waals surface area contributed by atoms with Crippen molar-refractivity contribution in [3.63, 3.8) is 0 Å². The van der Waals surface area contributed by atoms with Crippen LogP contribution in [0.4, 0.5) is 0 Å². The molecule has 0 unspecified atom stereocenters. The van der Waals surface area contributed by atoms with Gasteiger partial charge in [0.05, 0.1) is 12.9 Å². The Balaban J connectivity index is 2.29. The molecular weight excluding hydrogens is 298 g/mol. The molecule has 1 aromatic carbocycles. The molecule has 1 aromatic rings. The molecule has 1 aliphatic rings. The lowest BCUT2D eigenvalue weighted by Crippen LogP contribution is -2.36. The third kappa shape index (κ3) is 4.02. The van der Waals surface area contributed by atoms with Crippen LogP contribution in [-0.4, -0.2) is 32.1 Å². The van der Waals surface area contributed by atoms with Gasteiger partial charge in [-0.15, -0.1) is 12.3 Å². The molecule has 0 amide bonds. The summed E-state index contributed by atoms with van der Waals surface area (Å²) in [5, 5.41) is 0. The highest BCUT2D eigenvalue weighted by Crippen LogP contribution is 2.33. The average Bonchev–Trinajstić information content (AvgIpc) is 2.79. The van der Waals surface area contributed by atoms with Gasteiger partial charge in [-0.2, -0.15) is 4.31 Å². The molecule has 1 aliphatic heterocycles. The van der Waals surface area contributed by atoms with Crippen molar-refractivity contribution in [2.45, 2.75) is 38.1 Å². The first kappa shape index (κ1) is 16.9. The summed E-state index contributed by atoms with van der Waals surface area (Å²) in [6, 6.07) is 7.58. The predicted octanol–water partition coefficient (Wildman–Crippen LogP) is 2.97. The Morgan fingerprint density at radius 1 is 1.27 bits per heavy atom. The number of benzene rings is 1. The van der Waals surface area contributed by atoms with Crippen molar-refractivity contribution in [1.82, 2.24) is 4.31 Å². The highest BCUT2D eigenvalue weighted by molar-refractivity contribution is 7.89. The van der Waals surface area contributed by atoms with Gasteiger partial charge in [0, 0.05) is 19.0 Å². The largest absolute Gasteiger partial charge is 0.497 e. The number of ether oxygens (including phenoxy) is 1. The summed E-state index contributed by atoms with van der Waals surface area (Å²) in [5.74, 6) is 3.23. The standard InChI is InChI=1S/C17H23NO3S/c1-3-4-14-22(19,20)18-13-7-5-6-8-17(18)15-9-11-16(21-2)12-10-15/h1,9-12,17H,4-8,13-14H2,2H3/t17-/m0/s1. The topological polar surface area (TPSA) is 46.6 Å². The van der Waals surface area contributed by atoms with Gasteiger partial charge in [-0.25, -0.2) is 8.42 Å². The Kier molecular flexibility index (Phi) is 5.87. The van der Waals surface area contributed by atoms with Crippen LogP contribution in [0.2, 0.25) is 0 Å². The Hall–Kier alpha value is -1.51. The molecule has 1 saturated heterocycles. The van der Waals surface area contributed by atoms with E-state index in [0.29, 0.717) is 6.54 Å². The number of sulfonamides is 1. The fraction of sp³-hybridized carbons (Fsp3) is 0.529. The number of methoxy groups -OCH3 is 1. The van der Waals surface area contributed by atoms with Crippen molar-refractivity contribution in [3.8, 4) is 18.1 Å². The second-order valence-electron chi connectivity index (χ2n) is 5.52. The van der Waals surface area contributed by atoms with Crippen LogP contribution in [0.15, 0.2) is 24.3 Å². The normalized spacial score (nSPS) is 20.1. The maximum atomic E-state index is 12.6. The first-order valence-corrected chi connectivity index (χ1v) is 9.26. The van der Waals surface area contributed by atoms with E-state index < -0.39 is 10.0 Å². The smallest absolute Gasteiger partial charge is 0.215 e. The molecule has 1 fully saturated rings. The van der Waals surface area contributed by atoms with Gasteiger partial charge in [-0.1, -0.05) is 25.0 Å². The van der Waals surface area contributed by atoms with Gasteiger partial charge in [-0.05, 0) is 30.5 Å². The summed E-state index contributed by atoms with van der Waals surface area (Å²) in [4.78, 5) is 0. The van der Waals surface area contributed by atoms with Crippen molar-refractivity contribution in [3.05, 3.63) is 29.8 Å². The minimum absolute atomic E-state index is 0.0240. The fourth-order valence-electron chi connectivity index (χ4n) is 2.88. The Labute approximate surface area is 133 Å². The van der Waals surface area contributed by atoms with Gasteiger partial charge < -0.3 is 4.74 Å². The third-order valence-corrected chi connectivity index (χ3v) is 5.94. The summed E-state index contributed by atoms with van der Waals surface area (Å²) >= 11 is 0. The second kappa shape index (κ2) is 7.66. The van der Waals surface area contributed by atoms with Crippen LogP contribution < -0.4 is 4.74 Å². The van der Waals surface area contributed by atoms with E-state index in [9.17, 15) is 8.42 Å². The molecule has 0 N–H and O–H groups in total. The van der Waals surface area contributed by atoms with Gasteiger partial charge in [0.1, 0.15) is 5.75 Å². The number of hydrogen-bond donors (Lipinski definition) is 0. The lowest BCUT2D eigenvalue weighted by Gasteiger charge is -2.29. The van der Waals surface area contributed by atoms with E-state index in [1.54, 1.807) is 11.4 Å². The monoisotopic (exact) mass is 321 g/mol. The van der Waals surface area contributed by atoms with E-state index in [0.717, 1.165) is 37.0 Å². The molecule has 0 aliphatic carbocycles. The summed E-state index contributed by atoms with van der Waals surface area (Å²) in [5.41, 5.74) is 1.02. The molecular formula is C17H23NO3S. The number of nitrogens with zero attached hydrogens (tertiary/aromatic N) is 1. The Bertz CT molecular complexity index is 616. The van der Waals surface area contributed by atoms with Crippen molar-refractivity contribution in [2.24, 2.45) is 0 Å².